The number of carbonyl (C=O) groups excluding carboxylic acids is 1. The Balaban J connectivity index is 1.48. The third kappa shape index (κ3) is 6.36. The van der Waals surface area contributed by atoms with E-state index in [2.05, 4.69) is 10.2 Å². The van der Waals surface area contributed by atoms with Crippen molar-refractivity contribution >= 4 is 17.5 Å². The van der Waals surface area contributed by atoms with E-state index < -0.39 is 11.7 Å². The minimum absolute atomic E-state index is 0.177. The number of hydrogen-bond donors (Lipinski definition) is 3. The molecule has 1 aromatic heterocycles. The van der Waals surface area contributed by atoms with Crippen molar-refractivity contribution in [1.82, 2.24) is 19.4 Å². The molecule has 2 fully saturated rings. The first-order valence-corrected chi connectivity index (χ1v) is 13.1. The Bertz CT molecular complexity index is 1080. The van der Waals surface area contributed by atoms with Crippen LogP contribution in [0.2, 0.25) is 5.02 Å². The van der Waals surface area contributed by atoms with Crippen LogP contribution >= 0.6 is 11.6 Å². The predicted octanol–water partition coefficient (Wildman–Crippen LogP) is 2.87. The number of nitrogens with zero attached hydrogens (tertiary/aromatic N) is 3. The van der Waals surface area contributed by atoms with E-state index in [0.29, 0.717) is 25.1 Å². The number of halogens is 1. The normalized spacial score (nSPS) is 19.4. The van der Waals surface area contributed by atoms with Crippen LogP contribution in [0, 0.1) is 6.92 Å². The monoisotopic (exact) mass is 504 g/mol. The molecule has 4 rings (SSSR count). The van der Waals surface area contributed by atoms with Gasteiger partial charge < -0.3 is 20.4 Å². The number of aryl methyl sites for hydroxylation is 1. The van der Waals surface area contributed by atoms with Crippen LogP contribution in [-0.2, 0) is 6.54 Å². The number of aliphatic hydroxyl groups excluding tert-OH is 1. The Morgan fingerprint density at radius 1 is 1.11 bits per heavy atom. The smallest absolute Gasteiger partial charge is 0.333 e. The van der Waals surface area contributed by atoms with Gasteiger partial charge in [0.05, 0.1) is 34.5 Å². The first-order chi connectivity index (χ1) is 16.8. The van der Waals surface area contributed by atoms with Crippen molar-refractivity contribution in [3.8, 4) is 5.69 Å². The van der Waals surface area contributed by atoms with Gasteiger partial charge in [-0.15, -0.1) is 0 Å². The van der Waals surface area contributed by atoms with Gasteiger partial charge in [-0.1, -0.05) is 37.3 Å². The van der Waals surface area contributed by atoms with Crippen molar-refractivity contribution < 1.29 is 15.0 Å². The van der Waals surface area contributed by atoms with Crippen LogP contribution in [0.25, 0.3) is 5.69 Å². The minimum Gasteiger partial charge on any atom is -0.390 e. The molecule has 0 radical (unpaired) electrons. The molecule has 0 spiro atoms. The summed E-state index contributed by atoms with van der Waals surface area (Å²) in [6.45, 7) is 4.74. The fraction of sp³-hybridized carbons (Fsp3) is 0.615. The third-order valence-corrected chi connectivity index (χ3v) is 7.65. The lowest BCUT2D eigenvalue weighted by Crippen LogP contribution is -2.42. The number of aromatic nitrogens is 2. The Labute approximate surface area is 211 Å². The van der Waals surface area contributed by atoms with Gasteiger partial charge in [0.2, 0.25) is 0 Å². The number of nitrogens with one attached hydrogen (secondary N) is 1. The van der Waals surface area contributed by atoms with E-state index in [0.717, 1.165) is 57.3 Å². The maximum absolute atomic E-state index is 13.2. The summed E-state index contributed by atoms with van der Waals surface area (Å²) in [5.74, 6) is -0.375. The van der Waals surface area contributed by atoms with Crippen molar-refractivity contribution in [3.63, 3.8) is 0 Å². The van der Waals surface area contributed by atoms with E-state index in [1.165, 1.54) is 4.57 Å². The molecule has 1 saturated heterocycles. The topological polar surface area (TPSA) is 99.7 Å². The van der Waals surface area contributed by atoms with Gasteiger partial charge in [-0.2, -0.15) is 0 Å². The predicted molar refractivity (Wildman–Crippen MR) is 136 cm³/mol. The highest BCUT2D eigenvalue weighted by Crippen LogP contribution is 2.27. The van der Waals surface area contributed by atoms with E-state index in [4.69, 9.17) is 11.6 Å². The highest BCUT2D eigenvalue weighted by atomic mass is 35.5. The Morgan fingerprint density at radius 2 is 1.80 bits per heavy atom. The molecule has 8 nitrogen and oxygen atoms in total. The van der Waals surface area contributed by atoms with Crippen LogP contribution in [0.15, 0.2) is 29.2 Å². The number of aliphatic hydroxyl groups is 2. The number of amides is 1. The van der Waals surface area contributed by atoms with E-state index >= 15 is 0 Å². The number of β-amino-alcohol motifs (C(OH)–C–C–N with tert-alkyl or cyclic N) is 1. The highest BCUT2D eigenvalue weighted by Gasteiger charge is 2.29. The van der Waals surface area contributed by atoms with Gasteiger partial charge in [0, 0.05) is 25.0 Å². The van der Waals surface area contributed by atoms with Gasteiger partial charge in [-0.3, -0.25) is 13.9 Å². The van der Waals surface area contributed by atoms with E-state index in [1.54, 1.807) is 29.0 Å². The van der Waals surface area contributed by atoms with Crippen LogP contribution in [0.3, 0.4) is 0 Å². The SMILES string of the molecule is Cc1cn(-c2ccc(Cl)c(C(=O)NCC3(O)CCCCCC3)c2)c(=O)n1CC(O)CN1CCCC1. The highest BCUT2D eigenvalue weighted by molar-refractivity contribution is 6.33. The van der Waals surface area contributed by atoms with Gasteiger partial charge in [-0.05, 0) is 63.9 Å². The van der Waals surface area contributed by atoms with Crippen molar-refractivity contribution in [2.75, 3.05) is 26.2 Å². The maximum Gasteiger partial charge on any atom is 0.333 e. The summed E-state index contributed by atoms with van der Waals surface area (Å²) in [4.78, 5) is 28.3. The molecule has 1 aliphatic heterocycles. The average molecular weight is 505 g/mol. The first-order valence-electron chi connectivity index (χ1n) is 12.8. The molecule has 192 valence electrons. The Hall–Kier alpha value is -2.13. The Morgan fingerprint density at radius 3 is 2.49 bits per heavy atom. The number of carbonyl (C=O) groups is 1. The summed E-state index contributed by atoms with van der Waals surface area (Å²) in [5.41, 5.74) is 0.343. The lowest BCUT2D eigenvalue weighted by molar-refractivity contribution is 0.0246. The molecule has 1 saturated carbocycles. The van der Waals surface area contributed by atoms with E-state index in [-0.39, 0.29) is 35.3 Å². The molecule has 2 aliphatic rings. The second kappa shape index (κ2) is 11.3. The molecular formula is C26H37ClN4O4. The molecule has 35 heavy (non-hydrogen) atoms. The summed E-state index contributed by atoms with van der Waals surface area (Å²) in [6.07, 6.45) is 8.83. The third-order valence-electron chi connectivity index (χ3n) is 7.32. The van der Waals surface area contributed by atoms with E-state index in [9.17, 15) is 19.8 Å². The van der Waals surface area contributed by atoms with Crippen LogP contribution < -0.4 is 11.0 Å². The van der Waals surface area contributed by atoms with Gasteiger partial charge in [0.1, 0.15) is 0 Å². The van der Waals surface area contributed by atoms with Crippen molar-refractivity contribution in [2.24, 2.45) is 0 Å². The number of rotatable bonds is 8. The second-order valence-corrected chi connectivity index (χ2v) is 10.6. The Kier molecular flexibility index (Phi) is 8.37. The molecular weight excluding hydrogens is 468 g/mol. The zero-order valence-corrected chi connectivity index (χ0v) is 21.3. The summed E-state index contributed by atoms with van der Waals surface area (Å²) in [7, 11) is 0. The molecule has 1 unspecified atom stereocenters. The van der Waals surface area contributed by atoms with Crippen LogP contribution in [-0.4, -0.2) is 68.0 Å². The van der Waals surface area contributed by atoms with Crippen molar-refractivity contribution in [2.45, 2.75) is 76.5 Å². The zero-order chi connectivity index (χ0) is 25.0. The largest absolute Gasteiger partial charge is 0.390 e. The molecule has 1 aliphatic carbocycles. The lowest BCUT2D eigenvalue weighted by atomic mass is 9.94. The molecule has 1 aromatic carbocycles. The number of hydrogen-bond acceptors (Lipinski definition) is 5. The number of benzene rings is 1. The van der Waals surface area contributed by atoms with E-state index in [1.807, 2.05) is 6.92 Å². The molecule has 1 amide bonds. The summed E-state index contributed by atoms with van der Waals surface area (Å²) >= 11 is 6.33. The number of likely N-dealkylation sites (tertiary alicyclic amines) is 1. The van der Waals surface area contributed by atoms with Crippen LogP contribution in [0.1, 0.15) is 67.4 Å². The standard InChI is InChI=1S/C26H37ClN4O4/c1-19-15-31(25(34)30(19)17-21(32)16-29-12-6-7-13-29)20-8-9-23(27)22(14-20)24(33)28-18-26(35)10-4-2-3-5-11-26/h8-9,14-15,21,32,35H,2-7,10-13,16-18H2,1H3,(H,28,33). The summed E-state index contributed by atoms with van der Waals surface area (Å²) in [6, 6.07) is 4.90. The van der Waals surface area contributed by atoms with Gasteiger partial charge >= 0.3 is 5.69 Å². The quantitative estimate of drug-likeness (QED) is 0.480. The lowest BCUT2D eigenvalue weighted by Gasteiger charge is -2.26. The molecule has 1 atom stereocenters. The molecule has 2 heterocycles. The second-order valence-electron chi connectivity index (χ2n) is 10.2. The molecule has 0 bridgehead atoms. The fourth-order valence-corrected chi connectivity index (χ4v) is 5.48. The first kappa shape index (κ1) is 25.9. The van der Waals surface area contributed by atoms with Crippen LogP contribution in [0.5, 0.6) is 0 Å². The molecule has 3 N–H and O–H groups in total. The van der Waals surface area contributed by atoms with Crippen molar-refractivity contribution in [3.05, 3.63) is 51.2 Å². The zero-order valence-electron chi connectivity index (χ0n) is 20.5. The van der Waals surface area contributed by atoms with Gasteiger partial charge in [0.25, 0.3) is 5.91 Å². The molecule has 2 aromatic rings. The maximum atomic E-state index is 13.2. The fourth-order valence-electron chi connectivity index (χ4n) is 5.27. The van der Waals surface area contributed by atoms with Gasteiger partial charge in [-0.25, -0.2) is 4.79 Å². The van der Waals surface area contributed by atoms with Crippen molar-refractivity contribution in [1.29, 1.82) is 0 Å². The minimum atomic E-state index is -0.891. The van der Waals surface area contributed by atoms with Crippen LogP contribution in [0.4, 0.5) is 0 Å². The summed E-state index contributed by atoms with van der Waals surface area (Å²) < 4.78 is 3.04. The number of imidazole rings is 1. The molecule has 9 heteroatoms. The summed E-state index contributed by atoms with van der Waals surface area (Å²) in [5, 5.41) is 24.5. The van der Waals surface area contributed by atoms with Gasteiger partial charge in [0.15, 0.2) is 0 Å². The average Bonchev–Trinajstić information content (AvgIpc) is 3.36.